The molecule has 0 saturated carbocycles. The quantitative estimate of drug-likeness (QED) is 0.798. The van der Waals surface area contributed by atoms with E-state index in [1.54, 1.807) is 6.07 Å². The highest BCUT2D eigenvalue weighted by Crippen LogP contribution is 2.45. The summed E-state index contributed by atoms with van der Waals surface area (Å²) in [6.45, 7) is 4.70. The lowest BCUT2D eigenvalue weighted by Crippen LogP contribution is -2.43. The van der Waals surface area contributed by atoms with E-state index < -0.39 is 5.97 Å². The van der Waals surface area contributed by atoms with Gasteiger partial charge in [0.1, 0.15) is 5.76 Å². The second kappa shape index (κ2) is 6.32. The molecule has 0 aliphatic carbocycles. The summed E-state index contributed by atoms with van der Waals surface area (Å²) >= 11 is 0. The number of hydrogen-bond acceptors (Lipinski definition) is 5. The third kappa shape index (κ3) is 2.77. The van der Waals surface area contributed by atoms with Crippen LogP contribution in [-0.2, 0) is 21.7 Å². The lowest BCUT2D eigenvalue weighted by atomic mass is 9.83. The third-order valence-electron chi connectivity index (χ3n) is 5.59. The Morgan fingerprint density at radius 1 is 1.20 bits per heavy atom. The molecule has 2 aliphatic heterocycles. The molecule has 4 rings (SSSR count). The van der Waals surface area contributed by atoms with E-state index in [1.165, 1.54) is 18.2 Å². The zero-order valence-corrected chi connectivity index (χ0v) is 14.7. The van der Waals surface area contributed by atoms with E-state index in [-0.39, 0.29) is 17.4 Å². The van der Waals surface area contributed by atoms with E-state index in [1.807, 2.05) is 6.07 Å². The molecule has 25 heavy (non-hydrogen) atoms. The van der Waals surface area contributed by atoms with Crippen LogP contribution in [-0.4, -0.2) is 31.1 Å². The number of furan rings is 1. The maximum absolute atomic E-state index is 11.6. The molecule has 0 bridgehead atoms. The Balaban J connectivity index is 1.45. The molecule has 1 aromatic heterocycles. The fraction of sp³-hybridized carbons (Fsp3) is 0.450. The number of esters is 1. The number of carbonyl (C=O) groups is 1. The lowest BCUT2D eigenvalue weighted by Gasteiger charge is -2.41. The van der Waals surface area contributed by atoms with Crippen LogP contribution < -0.4 is 0 Å². The molecule has 1 saturated heterocycles. The van der Waals surface area contributed by atoms with Gasteiger partial charge < -0.3 is 13.9 Å². The first-order valence-electron chi connectivity index (χ1n) is 8.77. The molecule has 5 nitrogen and oxygen atoms in total. The van der Waals surface area contributed by atoms with Gasteiger partial charge in [-0.3, -0.25) is 4.90 Å². The molecule has 1 fully saturated rings. The Labute approximate surface area is 147 Å². The van der Waals surface area contributed by atoms with Gasteiger partial charge in [-0.2, -0.15) is 0 Å². The molecule has 2 aromatic rings. The Hall–Kier alpha value is -2.11. The van der Waals surface area contributed by atoms with Crippen molar-refractivity contribution in [2.24, 2.45) is 0 Å². The van der Waals surface area contributed by atoms with Crippen molar-refractivity contribution >= 4 is 5.97 Å². The minimum Gasteiger partial charge on any atom is -0.463 e. The highest BCUT2D eigenvalue weighted by atomic mass is 16.5. The summed E-state index contributed by atoms with van der Waals surface area (Å²) in [4.78, 5) is 14.0. The first-order valence-corrected chi connectivity index (χ1v) is 8.77. The van der Waals surface area contributed by atoms with Crippen LogP contribution in [0.4, 0.5) is 0 Å². The number of carbonyl (C=O) groups excluding carboxylic acids is 1. The maximum atomic E-state index is 11.6. The molecule has 3 heterocycles. The first kappa shape index (κ1) is 16.4. The molecule has 0 amide bonds. The minimum absolute atomic E-state index is 0.118. The highest BCUT2D eigenvalue weighted by molar-refractivity contribution is 5.86. The molecule has 2 aliphatic rings. The van der Waals surface area contributed by atoms with Crippen molar-refractivity contribution in [3.05, 3.63) is 59.0 Å². The van der Waals surface area contributed by atoms with Crippen LogP contribution in [0.25, 0.3) is 0 Å². The van der Waals surface area contributed by atoms with Crippen LogP contribution in [0.15, 0.2) is 40.8 Å². The van der Waals surface area contributed by atoms with E-state index in [0.717, 1.165) is 31.7 Å². The summed E-state index contributed by atoms with van der Waals surface area (Å²) in [5, 5.41) is 0. The number of ether oxygens (including phenoxy) is 2. The molecule has 1 unspecified atom stereocenters. The van der Waals surface area contributed by atoms with Gasteiger partial charge in [-0.05, 0) is 43.0 Å². The third-order valence-corrected chi connectivity index (χ3v) is 5.59. The fourth-order valence-corrected chi connectivity index (χ4v) is 4.04. The molecule has 0 radical (unpaired) electrons. The molecule has 0 N–H and O–H groups in total. The summed E-state index contributed by atoms with van der Waals surface area (Å²) in [7, 11) is 1.36. The largest absolute Gasteiger partial charge is 0.463 e. The van der Waals surface area contributed by atoms with Crippen LogP contribution in [0.1, 0.15) is 53.2 Å². The summed E-state index contributed by atoms with van der Waals surface area (Å²) in [5.74, 6) is 0.613. The number of hydrogen-bond donors (Lipinski definition) is 0. The number of piperidine rings is 1. The van der Waals surface area contributed by atoms with Gasteiger partial charge in [-0.1, -0.05) is 24.3 Å². The van der Waals surface area contributed by atoms with Crippen LogP contribution in [0, 0.1) is 0 Å². The monoisotopic (exact) mass is 341 g/mol. The Morgan fingerprint density at radius 2 is 1.96 bits per heavy atom. The van der Waals surface area contributed by atoms with Gasteiger partial charge in [0.2, 0.25) is 5.76 Å². The number of fused-ring (bicyclic) bond motifs is 2. The molecule has 1 spiro atoms. The van der Waals surface area contributed by atoms with Gasteiger partial charge in [0.25, 0.3) is 0 Å². The van der Waals surface area contributed by atoms with Crippen molar-refractivity contribution in [3.63, 3.8) is 0 Å². The average Bonchev–Trinajstić information content (AvgIpc) is 3.28. The van der Waals surface area contributed by atoms with Crippen molar-refractivity contribution in [2.75, 3.05) is 20.2 Å². The molecule has 1 aromatic carbocycles. The number of methoxy groups -OCH3 is 1. The van der Waals surface area contributed by atoms with Crippen molar-refractivity contribution in [1.82, 2.24) is 4.90 Å². The Bertz CT molecular complexity index is 774. The molecule has 5 heteroatoms. The minimum atomic E-state index is -0.438. The summed E-state index contributed by atoms with van der Waals surface area (Å²) in [6, 6.07) is 12.2. The number of rotatable bonds is 3. The van der Waals surface area contributed by atoms with Crippen LogP contribution in [0.2, 0.25) is 0 Å². The summed E-state index contributed by atoms with van der Waals surface area (Å²) < 4.78 is 16.6. The Morgan fingerprint density at radius 3 is 2.72 bits per heavy atom. The highest BCUT2D eigenvalue weighted by Gasteiger charge is 2.43. The standard InChI is InChI=1S/C20H23NO4/c1-14(17-7-8-18(25-17)19(22)23-2)21-11-9-20(10-12-21)16-6-4-3-5-15(16)13-24-20/h3-8,14H,9-13H2,1-2H3. The Kier molecular flexibility index (Phi) is 4.13. The van der Waals surface area contributed by atoms with Gasteiger partial charge in [0.15, 0.2) is 0 Å². The smallest absolute Gasteiger partial charge is 0.373 e. The van der Waals surface area contributed by atoms with Crippen LogP contribution in [0.5, 0.6) is 0 Å². The van der Waals surface area contributed by atoms with E-state index in [2.05, 4.69) is 36.1 Å². The fourth-order valence-electron chi connectivity index (χ4n) is 4.04. The van der Waals surface area contributed by atoms with Crippen molar-refractivity contribution in [1.29, 1.82) is 0 Å². The van der Waals surface area contributed by atoms with Gasteiger partial charge in [-0.25, -0.2) is 4.79 Å². The second-order valence-corrected chi connectivity index (χ2v) is 6.85. The topological polar surface area (TPSA) is 51.9 Å². The van der Waals surface area contributed by atoms with Gasteiger partial charge >= 0.3 is 5.97 Å². The SMILES string of the molecule is COC(=O)c1ccc(C(C)N2CCC3(CC2)OCc2ccccc23)o1. The zero-order valence-electron chi connectivity index (χ0n) is 14.7. The first-order chi connectivity index (χ1) is 12.1. The summed E-state index contributed by atoms with van der Waals surface area (Å²) in [5.41, 5.74) is 2.54. The number of benzene rings is 1. The molecule has 1 atom stereocenters. The van der Waals surface area contributed by atoms with Crippen LogP contribution >= 0.6 is 0 Å². The molecule has 132 valence electrons. The van der Waals surface area contributed by atoms with Gasteiger partial charge in [0.05, 0.1) is 25.4 Å². The lowest BCUT2D eigenvalue weighted by molar-refractivity contribution is -0.0846. The predicted octanol–water partition coefficient (Wildman–Crippen LogP) is 3.65. The molecular formula is C20H23NO4. The van der Waals surface area contributed by atoms with Crippen molar-refractivity contribution in [2.45, 2.75) is 38.0 Å². The second-order valence-electron chi connectivity index (χ2n) is 6.85. The van der Waals surface area contributed by atoms with Crippen LogP contribution in [0.3, 0.4) is 0 Å². The zero-order chi connectivity index (χ0) is 17.4. The van der Waals surface area contributed by atoms with E-state index in [0.29, 0.717) is 6.61 Å². The van der Waals surface area contributed by atoms with Crippen molar-refractivity contribution in [3.8, 4) is 0 Å². The summed E-state index contributed by atoms with van der Waals surface area (Å²) in [6.07, 6.45) is 1.94. The maximum Gasteiger partial charge on any atom is 0.373 e. The number of nitrogens with zero attached hydrogens (tertiary/aromatic N) is 1. The predicted molar refractivity (Wildman–Crippen MR) is 92.2 cm³/mol. The van der Waals surface area contributed by atoms with Gasteiger partial charge in [0, 0.05) is 13.1 Å². The van der Waals surface area contributed by atoms with Gasteiger partial charge in [-0.15, -0.1) is 0 Å². The van der Waals surface area contributed by atoms with Crippen molar-refractivity contribution < 1.29 is 18.7 Å². The van der Waals surface area contributed by atoms with E-state index in [9.17, 15) is 4.79 Å². The number of likely N-dealkylation sites (tertiary alicyclic amines) is 1. The van der Waals surface area contributed by atoms with E-state index >= 15 is 0 Å². The normalized spacial score (nSPS) is 20.4. The van der Waals surface area contributed by atoms with E-state index in [4.69, 9.17) is 13.9 Å². The average molecular weight is 341 g/mol. The molecular weight excluding hydrogens is 318 g/mol.